The van der Waals surface area contributed by atoms with Gasteiger partial charge in [0.15, 0.2) is 5.69 Å². The highest BCUT2D eigenvalue weighted by Gasteiger charge is 2.37. The third-order valence-corrected chi connectivity index (χ3v) is 3.71. The number of rotatable bonds is 4. The number of aryl methyl sites for hydroxylation is 1. The van der Waals surface area contributed by atoms with Crippen LogP contribution < -0.4 is 5.32 Å². The molecule has 1 fully saturated rings. The molecular weight excluding hydrogens is 299 g/mol. The van der Waals surface area contributed by atoms with E-state index < -0.39 is 17.8 Å². The lowest BCUT2D eigenvalue weighted by atomic mass is 9.89. The number of aromatic nitrogens is 2. The zero-order chi connectivity index (χ0) is 16.3. The molecule has 1 amide bonds. The lowest BCUT2D eigenvalue weighted by Gasteiger charge is -2.26. The maximum Gasteiger partial charge on any atom is 0.437 e. The number of hydrogen-bond donors (Lipinski definition) is 1. The second-order valence-corrected chi connectivity index (χ2v) is 5.82. The van der Waals surface area contributed by atoms with Crippen LogP contribution in [-0.2, 0) is 22.8 Å². The lowest BCUT2D eigenvalue weighted by Crippen LogP contribution is -2.27. The third-order valence-electron chi connectivity index (χ3n) is 3.71. The van der Waals surface area contributed by atoms with E-state index in [4.69, 9.17) is 4.74 Å². The molecule has 1 aromatic heterocycles. The molecule has 1 N–H and O–H groups in total. The average Bonchev–Trinajstić information content (AvgIpc) is 2.77. The minimum atomic E-state index is -4.61. The number of halogens is 3. The van der Waals surface area contributed by atoms with E-state index in [0.717, 1.165) is 36.6 Å². The van der Waals surface area contributed by atoms with Crippen LogP contribution in [-0.4, -0.2) is 28.4 Å². The van der Waals surface area contributed by atoms with Crippen LogP contribution in [0.5, 0.6) is 0 Å². The molecule has 0 aromatic carbocycles. The number of carbonyl (C=O) groups excluding carboxylic acids is 1. The van der Waals surface area contributed by atoms with Crippen molar-refractivity contribution in [2.45, 2.75) is 44.9 Å². The van der Waals surface area contributed by atoms with Gasteiger partial charge in [-0.25, -0.2) is 0 Å². The molecule has 0 spiro atoms. The van der Waals surface area contributed by atoms with Crippen LogP contribution in [0.3, 0.4) is 0 Å². The summed E-state index contributed by atoms with van der Waals surface area (Å²) in [5.41, 5.74) is -1.45. The Balaban J connectivity index is 1.90. The van der Waals surface area contributed by atoms with Crippen molar-refractivity contribution in [2.75, 3.05) is 11.9 Å². The first kappa shape index (κ1) is 16.8. The van der Waals surface area contributed by atoms with Crippen LogP contribution in [0, 0.1) is 5.92 Å². The first-order valence-corrected chi connectivity index (χ1v) is 7.28. The normalized spacial score (nSPS) is 22.6. The number of carbonyl (C=O) groups is 1. The number of nitrogens with one attached hydrogen (secondary N) is 1. The van der Waals surface area contributed by atoms with Gasteiger partial charge in [-0.2, -0.15) is 18.3 Å². The largest absolute Gasteiger partial charge is 0.437 e. The minimum absolute atomic E-state index is 0.00508. The third kappa shape index (κ3) is 4.46. The highest BCUT2D eigenvalue weighted by atomic mass is 19.4. The molecule has 1 aromatic rings. The van der Waals surface area contributed by atoms with Crippen molar-refractivity contribution in [3.8, 4) is 0 Å². The summed E-state index contributed by atoms with van der Waals surface area (Å²) in [7, 11) is 1.37. The summed E-state index contributed by atoms with van der Waals surface area (Å²) in [6, 6.07) is 0. The fraction of sp³-hybridized carbons (Fsp3) is 0.714. The standard InChI is InChI=1S/C14H20F3N3O2/c1-9-4-3-5-10(6-9)22-8-12(21)18-11-7-20(2)19-13(11)14(15,16)17/h7,9-10H,3-6,8H2,1-2H3,(H,18,21)/t9-,10+/m1/s1. The molecule has 2 atom stereocenters. The second-order valence-electron chi connectivity index (χ2n) is 5.82. The van der Waals surface area contributed by atoms with Crippen molar-refractivity contribution < 1.29 is 22.7 Å². The predicted molar refractivity (Wildman–Crippen MR) is 74.2 cm³/mol. The van der Waals surface area contributed by atoms with E-state index in [2.05, 4.69) is 17.3 Å². The van der Waals surface area contributed by atoms with E-state index in [1.807, 2.05) is 0 Å². The Bertz CT molecular complexity index is 528. The molecule has 1 saturated carbocycles. The van der Waals surface area contributed by atoms with E-state index in [1.54, 1.807) is 0 Å². The SMILES string of the molecule is C[C@@H]1CCC[C@H](OCC(=O)Nc2cn(C)nc2C(F)(F)F)C1. The molecule has 5 nitrogen and oxygen atoms in total. The first-order valence-electron chi connectivity index (χ1n) is 7.28. The maximum absolute atomic E-state index is 12.8. The van der Waals surface area contributed by atoms with Crippen molar-refractivity contribution >= 4 is 11.6 Å². The zero-order valence-electron chi connectivity index (χ0n) is 12.6. The zero-order valence-corrected chi connectivity index (χ0v) is 12.6. The molecule has 2 rings (SSSR count). The number of amides is 1. The Labute approximate surface area is 126 Å². The van der Waals surface area contributed by atoms with E-state index >= 15 is 0 Å². The molecule has 0 aliphatic heterocycles. The van der Waals surface area contributed by atoms with E-state index in [-0.39, 0.29) is 18.4 Å². The summed E-state index contributed by atoms with van der Waals surface area (Å²) in [5, 5.41) is 5.55. The molecule has 0 unspecified atom stereocenters. The van der Waals surface area contributed by atoms with Crippen LogP contribution in [0.15, 0.2) is 6.20 Å². The number of ether oxygens (including phenoxy) is 1. The molecule has 0 saturated heterocycles. The molecule has 8 heteroatoms. The Hall–Kier alpha value is -1.57. The fourth-order valence-electron chi connectivity index (χ4n) is 2.70. The summed E-state index contributed by atoms with van der Waals surface area (Å²) in [4.78, 5) is 11.8. The molecule has 0 bridgehead atoms. The van der Waals surface area contributed by atoms with Gasteiger partial charge in [-0.15, -0.1) is 0 Å². The van der Waals surface area contributed by atoms with Gasteiger partial charge in [-0.1, -0.05) is 19.8 Å². The van der Waals surface area contributed by atoms with Gasteiger partial charge in [-0.05, 0) is 18.8 Å². The van der Waals surface area contributed by atoms with Crippen LogP contribution in [0.4, 0.5) is 18.9 Å². The Morgan fingerprint density at radius 1 is 1.50 bits per heavy atom. The quantitative estimate of drug-likeness (QED) is 0.928. The van der Waals surface area contributed by atoms with Crippen LogP contribution in [0.2, 0.25) is 0 Å². The maximum atomic E-state index is 12.8. The molecule has 124 valence electrons. The predicted octanol–water partition coefficient (Wildman–Crippen LogP) is 2.97. The summed E-state index contributed by atoms with van der Waals surface area (Å²) in [5.74, 6) is -0.0475. The monoisotopic (exact) mass is 319 g/mol. The van der Waals surface area contributed by atoms with Gasteiger partial charge < -0.3 is 10.1 Å². The molecular formula is C14H20F3N3O2. The van der Waals surface area contributed by atoms with Crippen molar-refractivity contribution in [1.29, 1.82) is 0 Å². The average molecular weight is 319 g/mol. The Morgan fingerprint density at radius 3 is 2.86 bits per heavy atom. The van der Waals surface area contributed by atoms with Crippen molar-refractivity contribution in [1.82, 2.24) is 9.78 Å². The summed E-state index contributed by atoms with van der Waals surface area (Å²) < 4.78 is 44.8. The van der Waals surface area contributed by atoms with E-state index in [1.165, 1.54) is 7.05 Å². The molecule has 1 aliphatic rings. The van der Waals surface area contributed by atoms with Gasteiger partial charge in [0.05, 0.1) is 11.8 Å². The Kier molecular flexibility index (Phi) is 5.10. The summed E-state index contributed by atoms with van der Waals surface area (Å²) in [6.45, 7) is 1.88. The van der Waals surface area contributed by atoms with Crippen molar-refractivity contribution in [3.05, 3.63) is 11.9 Å². The molecule has 1 heterocycles. The molecule has 22 heavy (non-hydrogen) atoms. The fourth-order valence-corrected chi connectivity index (χ4v) is 2.70. The van der Waals surface area contributed by atoms with Gasteiger partial charge >= 0.3 is 6.18 Å². The summed E-state index contributed by atoms with van der Waals surface area (Å²) in [6.07, 6.45) is 0.495. The van der Waals surface area contributed by atoms with Crippen LogP contribution in [0.25, 0.3) is 0 Å². The number of alkyl halides is 3. The van der Waals surface area contributed by atoms with Gasteiger partial charge in [0, 0.05) is 13.2 Å². The first-order chi connectivity index (χ1) is 10.3. The summed E-state index contributed by atoms with van der Waals surface area (Å²) >= 11 is 0. The smallest absolute Gasteiger partial charge is 0.368 e. The van der Waals surface area contributed by atoms with E-state index in [9.17, 15) is 18.0 Å². The second kappa shape index (κ2) is 6.68. The number of anilines is 1. The van der Waals surface area contributed by atoms with Gasteiger partial charge in [0.1, 0.15) is 6.61 Å². The van der Waals surface area contributed by atoms with Gasteiger partial charge in [0.2, 0.25) is 5.91 Å². The minimum Gasteiger partial charge on any atom is -0.368 e. The van der Waals surface area contributed by atoms with Crippen LogP contribution in [0.1, 0.15) is 38.3 Å². The highest BCUT2D eigenvalue weighted by molar-refractivity contribution is 5.92. The van der Waals surface area contributed by atoms with E-state index in [0.29, 0.717) is 5.92 Å². The van der Waals surface area contributed by atoms with Crippen molar-refractivity contribution in [2.24, 2.45) is 13.0 Å². The number of hydrogen-bond acceptors (Lipinski definition) is 3. The van der Waals surface area contributed by atoms with Gasteiger partial charge in [-0.3, -0.25) is 9.48 Å². The highest BCUT2D eigenvalue weighted by Crippen LogP contribution is 2.33. The number of nitrogens with zero attached hydrogens (tertiary/aromatic N) is 2. The van der Waals surface area contributed by atoms with Crippen LogP contribution >= 0.6 is 0 Å². The Morgan fingerprint density at radius 2 is 2.23 bits per heavy atom. The van der Waals surface area contributed by atoms with Gasteiger partial charge in [0.25, 0.3) is 0 Å². The van der Waals surface area contributed by atoms with Crippen molar-refractivity contribution in [3.63, 3.8) is 0 Å². The topological polar surface area (TPSA) is 56.1 Å². The lowest BCUT2D eigenvalue weighted by molar-refractivity contribution is -0.140. The molecule has 0 radical (unpaired) electrons. The molecule has 1 aliphatic carbocycles.